The molecule has 0 saturated carbocycles. The number of hydrogen-bond acceptors (Lipinski definition) is 5. The van der Waals surface area contributed by atoms with E-state index in [1.807, 2.05) is 0 Å². The fourth-order valence-electron chi connectivity index (χ4n) is 1.41. The van der Waals surface area contributed by atoms with Gasteiger partial charge in [0.05, 0.1) is 0 Å². The van der Waals surface area contributed by atoms with Gasteiger partial charge < -0.3 is 15.3 Å². The maximum Gasteiger partial charge on any atom is 0.427 e. The number of anilines is 1. The lowest BCUT2D eigenvalue weighted by molar-refractivity contribution is -0.134. The van der Waals surface area contributed by atoms with Gasteiger partial charge >= 0.3 is 12.1 Å². The monoisotopic (exact) mass is 237 g/mol. The molecule has 1 aliphatic rings. The van der Waals surface area contributed by atoms with E-state index in [1.165, 1.54) is 0 Å². The SMILES string of the molecule is O=C(O)CNc1ccc(C2NOC(=O)N2)cc1. The van der Waals surface area contributed by atoms with E-state index in [4.69, 9.17) is 5.11 Å². The van der Waals surface area contributed by atoms with Crippen LogP contribution in [0.25, 0.3) is 0 Å². The van der Waals surface area contributed by atoms with E-state index in [0.717, 1.165) is 5.56 Å². The largest absolute Gasteiger partial charge is 0.480 e. The second-order valence-electron chi connectivity index (χ2n) is 3.45. The average Bonchev–Trinajstić information content (AvgIpc) is 2.74. The third kappa shape index (κ3) is 2.85. The molecule has 1 aromatic carbocycles. The van der Waals surface area contributed by atoms with Crippen molar-refractivity contribution in [3.05, 3.63) is 29.8 Å². The number of hydroxylamine groups is 1. The first-order valence-corrected chi connectivity index (χ1v) is 4.93. The second-order valence-corrected chi connectivity index (χ2v) is 3.45. The van der Waals surface area contributed by atoms with Gasteiger partial charge in [-0.25, -0.2) is 4.79 Å². The van der Waals surface area contributed by atoms with Crippen molar-refractivity contribution in [2.24, 2.45) is 0 Å². The van der Waals surface area contributed by atoms with Crippen molar-refractivity contribution < 1.29 is 19.5 Å². The van der Waals surface area contributed by atoms with Crippen molar-refractivity contribution in [3.63, 3.8) is 0 Å². The van der Waals surface area contributed by atoms with Crippen molar-refractivity contribution in [3.8, 4) is 0 Å². The first kappa shape index (κ1) is 11.2. The molecule has 90 valence electrons. The number of nitrogens with one attached hydrogen (secondary N) is 3. The summed E-state index contributed by atoms with van der Waals surface area (Å²) in [4.78, 5) is 25.7. The predicted octanol–water partition coefficient (Wildman–Crippen LogP) is 0.426. The van der Waals surface area contributed by atoms with Crippen LogP contribution in [0.2, 0.25) is 0 Å². The highest BCUT2D eigenvalue weighted by Crippen LogP contribution is 2.16. The van der Waals surface area contributed by atoms with Crippen LogP contribution in [-0.4, -0.2) is 23.7 Å². The molecule has 0 spiro atoms. The topological polar surface area (TPSA) is 99.7 Å². The summed E-state index contributed by atoms with van der Waals surface area (Å²) in [5.41, 5.74) is 4.03. The molecule has 1 unspecified atom stereocenters. The Morgan fingerprint density at radius 1 is 1.41 bits per heavy atom. The maximum absolute atomic E-state index is 10.8. The van der Waals surface area contributed by atoms with Gasteiger partial charge in [-0.3, -0.25) is 10.1 Å². The number of aliphatic carboxylic acids is 1. The minimum absolute atomic E-state index is 0.138. The van der Waals surface area contributed by atoms with Gasteiger partial charge in [0.2, 0.25) is 0 Å². The van der Waals surface area contributed by atoms with Gasteiger partial charge in [0.15, 0.2) is 0 Å². The third-order valence-corrected chi connectivity index (χ3v) is 2.22. The van der Waals surface area contributed by atoms with E-state index in [2.05, 4.69) is 21.0 Å². The summed E-state index contributed by atoms with van der Waals surface area (Å²) in [5, 5.41) is 13.8. The normalized spacial score (nSPS) is 18.4. The average molecular weight is 237 g/mol. The summed E-state index contributed by atoms with van der Waals surface area (Å²) in [5.74, 6) is -0.924. The van der Waals surface area contributed by atoms with Gasteiger partial charge in [0.25, 0.3) is 0 Å². The molecule has 0 radical (unpaired) electrons. The first-order chi connectivity index (χ1) is 8.15. The molecule has 2 rings (SSSR count). The number of carbonyl (C=O) groups excluding carboxylic acids is 1. The number of rotatable bonds is 4. The summed E-state index contributed by atoms with van der Waals surface area (Å²) >= 11 is 0. The number of benzene rings is 1. The highest BCUT2D eigenvalue weighted by atomic mass is 16.7. The Morgan fingerprint density at radius 3 is 2.65 bits per heavy atom. The fraction of sp³-hybridized carbons (Fsp3) is 0.200. The van der Waals surface area contributed by atoms with Crippen molar-refractivity contribution in [1.82, 2.24) is 10.8 Å². The Kier molecular flexibility index (Phi) is 3.10. The molecule has 1 fully saturated rings. The van der Waals surface area contributed by atoms with Gasteiger partial charge in [-0.15, -0.1) is 5.48 Å². The van der Waals surface area contributed by atoms with Crippen molar-refractivity contribution in [2.75, 3.05) is 11.9 Å². The Bertz CT molecular complexity index is 432. The summed E-state index contributed by atoms with van der Waals surface area (Å²) in [6.07, 6.45) is -0.904. The van der Waals surface area contributed by atoms with Crippen LogP contribution in [0.5, 0.6) is 0 Å². The third-order valence-electron chi connectivity index (χ3n) is 2.22. The highest BCUT2D eigenvalue weighted by molar-refractivity contribution is 5.72. The van der Waals surface area contributed by atoms with Gasteiger partial charge in [-0.1, -0.05) is 12.1 Å². The molecule has 4 N–H and O–H groups in total. The zero-order valence-electron chi connectivity index (χ0n) is 8.77. The zero-order valence-corrected chi connectivity index (χ0v) is 8.77. The molecule has 17 heavy (non-hydrogen) atoms. The fourth-order valence-corrected chi connectivity index (χ4v) is 1.41. The van der Waals surface area contributed by atoms with Gasteiger partial charge in [-0.2, -0.15) is 0 Å². The summed E-state index contributed by atoms with van der Waals surface area (Å²) < 4.78 is 0. The van der Waals surface area contributed by atoms with E-state index in [-0.39, 0.29) is 12.7 Å². The molecular weight excluding hydrogens is 226 g/mol. The molecule has 0 bridgehead atoms. The van der Waals surface area contributed by atoms with Crippen molar-refractivity contribution in [1.29, 1.82) is 0 Å². The zero-order chi connectivity index (χ0) is 12.3. The van der Waals surface area contributed by atoms with Crippen molar-refractivity contribution in [2.45, 2.75) is 6.17 Å². The quantitative estimate of drug-likeness (QED) is 0.606. The first-order valence-electron chi connectivity index (χ1n) is 4.93. The van der Waals surface area contributed by atoms with Crippen LogP contribution in [-0.2, 0) is 9.63 Å². The molecule has 7 nitrogen and oxygen atoms in total. The number of carboxylic acid groups (broad SMARTS) is 1. The van der Waals surface area contributed by atoms with E-state index in [1.54, 1.807) is 24.3 Å². The summed E-state index contributed by atoms with van der Waals surface area (Å²) in [7, 11) is 0. The van der Waals surface area contributed by atoms with E-state index in [9.17, 15) is 9.59 Å². The van der Waals surface area contributed by atoms with Crippen LogP contribution >= 0.6 is 0 Å². The lowest BCUT2D eigenvalue weighted by atomic mass is 10.1. The Labute approximate surface area is 96.7 Å². The standard InChI is InChI=1S/C10H11N3O4/c14-8(15)5-11-7-3-1-6(2-4-7)9-12-10(16)17-13-9/h1-4,9,11,13H,5H2,(H,12,16)(H,14,15). The molecule has 1 aliphatic heterocycles. The van der Waals surface area contributed by atoms with Crippen molar-refractivity contribution >= 4 is 17.7 Å². The lowest BCUT2D eigenvalue weighted by Crippen LogP contribution is -2.22. The van der Waals surface area contributed by atoms with Crippen LogP contribution < -0.4 is 16.1 Å². The minimum Gasteiger partial charge on any atom is -0.480 e. The maximum atomic E-state index is 10.8. The number of hydrogen-bond donors (Lipinski definition) is 4. The summed E-state index contributed by atoms with van der Waals surface area (Å²) in [6.45, 7) is -0.138. The van der Waals surface area contributed by atoms with Gasteiger partial charge in [-0.05, 0) is 17.7 Å². The molecule has 1 atom stereocenters. The van der Waals surface area contributed by atoms with E-state index < -0.39 is 12.1 Å². The smallest absolute Gasteiger partial charge is 0.427 e. The molecule has 1 aromatic rings. The Morgan fingerprint density at radius 2 is 2.12 bits per heavy atom. The minimum atomic E-state index is -0.924. The molecular formula is C10H11N3O4. The van der Waals surface area contributed by atoms with E-state index >= 15 is 0 Å². The number of amides is 1. The van der Waals surface area contributed by atoms with Gasteiger partial charge in [0, 0.05) is 5.69 Å². The van der Waals surface area contributed by atoms with Crippen LogP contribution in [0.4, 0.5) is 10.5 Å². The predicted molar refractivity (Wildman–Crippen MR) is 58.1 cm³/mol. The molecule has 0 aliphatic carbocycles. The van der Waals surface area contributed by atoms with Crippen LogP contribution in [0.1, 0.15) is 11.7 Å². The van der Waals surface area contributed by atoms with Crippen LogP contribution in [0, 0.1) is 0 Å². The summed E-state index contributed by atoms with van der Waals surface area (Å²) in [6, 6.07) is 6.97. The number of carboxylic acids is 1. The molecule has 0 aromatic heterocycles. The molecule has 1 saturated heterocycles. The molecule has 1 amide bonds. The van der Waals surface area contributed by atoms with Crippen LogP contribution in [0.15, 0.2) is 24.3 Å². The van der Waals surface area contributed by atoms with E-state index in [0.29, 0.717) is 5.69 Å². The molecule has 1 heterocycles. The lowest BCUT2D eigenvalue weighted by Gasteiger charge is -2.09. The highest BCUT2D eigenvalue weighted by Gasteiger charge is 2.22. The van der Waals surface area contributed by atoms with Gasteiger partial charge in [0.1, 0.15) is 12.7 Å². The number of carbonyl (C=O) groups is 2. The Balaban J connectivity index is 1.98. The van der Waals surface area contributed by atoms with Crippen LogP contribution in [0.3, 0.4) is 0 Å². The second kappa shape index (κ2) is 4.71. The molecule has 7 heteroatoms. The Hall–Kier alpha value is -2.28.